The molecule has 1 heterocycles. The van der Waals surface area contributed by atoms with Gasteiger partial charge in [-0.05, 0) is 12.5 Å². The molecule has 0 aliphatic heterocycles. The number of carboxylic acid groups (broad SMARTS) is 1. The maximum Gasteiger partial charge on any atom is 0.326 e. The van der Waals surface area contributed by atoms with Crippen molar-refractivity contribution in [1.82, 2.24) is 10.6 Å². The Morgan fingerprint density at radius 3 is 2.88 bits per heavy atom. The van der Waals surface area contributed by atoms with Crippen LogP contribution in [0.15, 0.2) is 35.7 Å². The van der Waals surface area contributed by atoms with Crippen LogP contribution in [0.4, 0.5) is 4.79 Å². The molecule has 0 saturated heterocycles. The van der Waals surface area contributed by atoms with Gasteiger partial charge < -0.3 is 20.2 Å². The normalized spacial score (nSPS) is 11.5. The van der Waals surface area contributed by atoms with Crippen molar-refractivity contribution in [3.05, 3.63) is 36.8 Å². The van der Waals surface area contributed by atoms with Gasteiger partial charge in [0.15, 0.2) is 0 Å². The first-order valence-electron chi connectivity index (χ1n) is 5.02. The van der Waals surface area contributed by atoms with Crippen LogP contribution in [0.5, 0.6) is 0 Å². The molecule has 1 rings (SSSR count). The molecular weight excluding hydrogens is 224 g/mol. The molecule has 6 heteroatoms. The zero-order chi connectivity index (χ0) is 12.7. The summed E-state index contributed by atoms with van der Waals surface area (Å²) < 4.78 is 4.83. The molecule has 1 aromatic rings. The highest BCUT2D eigenvalue weighted by Gasteiger charge is 2.17. The number of amides is 2. The number of nitrogens with one attached hydrogen (secondary N) is 2. The van der Waals surface area contributed by atoms with Crippen molar-refractivity contribution in [1.29, 1.82) is 0 Å². The Morgan fingerprint density at radius 2 is 2.35 bits per heavy atom. The lowest BCUT2D eigenvalue weighted by molar-refractivity contribution is -0.139. The minimum Gasteiger partial charge on any atom is -0.480 e. The fourth-order valence-electron chi connectivity index (χ4n) is 1.17. The van der Waals surface area contributed by atoms with Crippen LogP contribution < -0.4 is 10.6 Å². The van der Waals surface area contributed by atoms with E-state index < -0.39 is 18.0 Å². The summed E-state index contributed by atoms with van der Waals surface area (Å²) in [6, 6.07) is 0.205. The Kier molecular flexibility index (Phi) is 4.80. The first-order chi connectivity index (χ1) is 8.13. The van der Waals surface area contributed by atoms with E-state index in [1.807, 2.05) is 0 Å². The van der Waals surface area contributed by atoms with E-state index in [2.05, 4.69) is 17.2 Å². The maximum absolute atomic E-state index is 11.4. The summed E-state index contributed by atoms with van der Waals surface area (Å²) >= 11 is 0. The number of hydrogen-bond acceptors (Lipinski definition) is 3. The van der Waals surface area contributed by atoms with Gasteiger partial charge >= 0.3 is 12.0 Å². The van der Waals surface area contributed by atoms with Crippen LogP contribution in [0.2, 0.25) is 0 Å². The lowest BCUT2D eigenvalue weighted by atomic mass is 10.2. The number of carbonyl (C=O) groups is 2. The zero-order valence-corrected chi connectivity index (χ0v) is 9.18. The predicted molar refractivity (Wildman–Crippen MR) is 60.3 cm³/mol. The van der Waals surface area contributed by atoms with Crippen LogP contribution >= 0.6 is 0 Å². The van der Waals surface area contributed by atoms with Crippen molar-refractivity contribution in [2.75, 3.05) is 0 Å². The molecule has 3 N–H and O–H groups in total. The van der Waals surface area contributed by atoms with Gasteiger partial charge in [-0.3, -0.25) is 0 Å². The fraction of sp³-hybridized carbons (Fsp3) is 0.273. The maximum atomic E-state index is 11.4. The van der Waals surface area contributed by atoms with E-state index in [0.717, 1.165) is 5.56 Å². The monoisotopic (exact) mass is 238 g/mol. The first kappa shape index (κ1) is 12.8. The van der Waals surface area contributed by atoms with Crippen LogP contribution in [0.1, 0.15) is 12.0 Å². The number of carbonyl (C=O) groups excluding carboxylic acids is 1. The van der Waals surface area contributed by atoms with Gasteiger partial charge in [0, 0.05) is 12.1 Å². The Bertz CT molecular complexity index is 386. The standard InChI is InChI=1S/C11H14N2O4/c1-2-3-9(10(14)15)13-11(16)12-6-8-4-5-17-7-8/h2,4-5,7,9H,1,3,6H2,(H,14,15)(H2,12,13,16). The average molecular weight is 238 g/mol. The van der Waals surface area contributed by atoms with E-state index in [1.165, 1.54) is 18.6 Å². The molecule has 0 fully saturated rings. The van der Waals surface area contributed by atoms with Crippen LogP contribution in [0.3, 0.4) is 0 Å². The third-order valence-corrected chi connectivity index (χ3v) is 2.04. The summed E-state index contributed by atoms with van der Waals surface area (Å²) in [5, 5.41) is 13.6. The van der Waals surface area contributed by atoms with Crippen LogP contribution in [-0.2, 0) is 11.3 Å². The van der Waals surface area contributed by atoms with Gasteiger partial charge in [0.05, 0.1) is 12.5 Å². The molecule has 6 nitrogen and oxygen atoms in total. The highest BCUT2D eigenvalue weighted by atomic mass is 16.4. The van der Waals surface area contributed by atoms with Crippen LogP contribution in [0, 0.1) is 0 Å². The second-order valence-electron chi connectivity index (χ2n) is 3.37. The van der Waals surface area contributed by atoms with Crippen molar-refractivity contribution < 1.29 is 19.1 Å². The largest absolute Gasteiger partial charge is 0.480 e. The summed E-state index contributed by atoms with van der Waals surface area (Å²) in [5.41, 5.74) is 0.802. The fourth-order valence-corrected chi connectivity index (χ4v) is 1.17. The van der Waals surface area contributed by atoms with Crippen molar-refractivity contribution in [2.45, 2.75) is 19.0 Å². The topological polar surface area (TPSA) is 91.6 Å². The Labute approximate surface area is 98.3 Å². The average Bonchev–Trinajstić information content (AvgIpc) is 2.78. The molecule has 0 aromatic carbocycles. The summed E-state index contributed by atoms with van der Waals surface area (Å²) in [4.78, 5) is 22.1. The SMILES string of the molecule is C=CCC(NC(=O)NCc1ccoc1)C(=O)O. The summed E-state index contributed by atoms with van der Waals surface area (Å²) in [6.07, 6.45) is 4.61. The number of urea groups is 1. The predicted octanol–water partition coefficient (Wildman–Crippen LogP) is 1.11. The molecule has 17 heavy (non-hydrogen) atoms. The van der Waals surface area contributed by atoms with E-state index in [0.29, 0.717) is 0 Å². The molecule has 1 aromatic heterocycles. The minimum atomic E-state index is -1.09. The van der Waals surface area contributed by atoms with Crippen molar-refractivity contribution in [3.63, 3.8) is 0 Å². The lowest BCUT2D eigenvalue weighted by Gasteiger charge is -2.12. The lowest BCUT2D eigenvalue weighted by Crippen LogP contribution is -2.45. The van der Waals surface area contributed by atoms with Crippen LogP contribution in [0.25, 0.3) is 0 Å². The number of furan rings is 1. The summed E-state index contributed by atoms with van der Waals surface area (Å²) in [6.45, 7) is 3.71. The van der Waals surface area contributed by atoms with Gasteiger partial charge in [0.25, 0.3) is 0 Å². The highest BCUT2D eigenvalue weighted by molar-refractivity contribution is 5.82. The molecule has 2 amide bonds. The highest BCUT2D eigenvalue weighted by Crippen LogP contribution is 1.98. The van der Waals surface area contributed by atoms with Gasteiger partial charge in [0.1, 0.15) is 6.04 Å². The second-order valence-corrected chi connectivity index (χ2v) is 3.37. The number of aliphatic carboxylic acids is 1. The van der Waals surface area contributed by atoms with E-state index in [4.69, 9.17) is 9.52 Å². The summed E-state index contributed by atoms with van der Waals surface area (Å²) in [7, 11) is 0. The second kappa shape index (κ2) is 6.37. The molecule has 0 spiro atoms. The number of carboxylic acids is 1. The Morgan fingerprint density at radius 1 is 1.59 bits per heavy atom. The van der Waals surface area contributed by atoms with E-state index in [-0.39, 0.29) is 13.0 Å². The van der Waals surface area contributed by atoms with Gasteiger partial charge in [-0.25, -0.2) is 9.59 Å². The third kappa shape index (κ3) is 4.42. The molecule has 1 atom stereocenters. The smallest absolute Gasteiger partial charge is 0.326 e. The van der Waals surface area contributed by atoms with Crippen molar-refractivity contribution in [2.24, 2.45) is 0 Å². The molecule has 1 unspecified atom stereocenters. The van der Waals surface area contributed by atoms with E-state index in [1.54, 1.807) is 6.07 Å². The Hall–Kier alpha value is -2.24. The van der Waals surface area contributed by atoms with E-state index >= 15 is 0 Å². The first-order valence-corrected chi connectivity index (χ1v) is 5.02. The molecule has 0 saturated carbocycles. The summed E-state index contributed by atoms with van der Waals surface area (Å²) in [5.74, 6) is -1.09. The van der Waals surface area contributed by atoms with Gasteiger partial charge in [-0.1, -0.05) is 6.08 Å². The van der Waals surface area contributed by atoms with Gasteiger partial charge in [-0.15, -0.1) is 6.58 Å². The molecule has 0 aliphatic carbocycles. The number of rotatable bonds is 6. The molecule has 0 aliphatic rings. The third-order valence-electron chi connectivity index (χ3n) is 2.04. The molecular formula is C11H14N2O4. The molecule has 92 valence electrons. The minimum absolute atomic E-state index is 0.175. The van der Waals surface area contributed by atoms with E-state index in [9.17, 15) is 9.59 Å². The number of hydrogen-bond donors (Lipinski definition) is 3. The zero-order valence-electron chi connectivity index (χ0n) is 9.18. The Balaban J connectivity index is 2.37. The molecule has 0 radical (unpaired) electrons. The van der Waals surface area contributed by atoms with Gasteiger partial charge in [0.2, 0.25) is 0 Å². The van der Waals surface area contributed by atoms with Crippen molar-refractivity contribution in [3.8, 4) is 0 Å². The van der Waals surface area contributed by atoms with Crippen molar-refractivity contribution >= 4 is 12.0 Å². The van der Waals surface area contributed by atoms with Gasteiger partial charge in [-0.2, -0.15) is 0 Å². The van der Waals surface area contributed by atoms with Crippen LogP contribution in [-0.4, -0.2) is 23.1 Å². The molecule has 0 bridgehead atoms. The quantitative estimate of drug-likeness (QED) is 0.647.